The van der Waals surface area contributed by atoms with Crippen molar-refractivity contribution in [2.45, 2.75) is 110 Å². The predicted molar refractivity (Wildman–Crippen MR) is 146 cm³/mol. The maximum absolute atomic E-state index is 12.7. The van der Waals surface area contributed by atoms with Crippen molar-refractivity contribution >= 4 is 11.7 Å². The highest BCUT2D eigenvalue weighted by Crippen LogP contribution is 2.65. The minimum absolute atomic E-state index is 0.0892. The maximum Gasteiger partial charge on any atom is 0.236 e. The zero-order valence-corrected chi connectivity index (χ0v) is 24.2. The lowest BCUT2D eigenvalue weighted by atomic mass is 9.52. The zero-order valence-electron chi connectivity index (χ0n) is 24.2. The summed E-state index contributed by atoms with van der Waals surface area (Å²) in [6.07, 6.45) is 11.4. The Balaban J connectivity index is 1.25. The van der Waals surface area contributed by atoms with E-state index in [1.165, 1.54) is 25.7 Å². The minimum Gasteiger partial charge on any atom is -0.369 e. The number of carbonyl (C=O) groups excluding carboxylic acids is 2. The van der Waals surface area contributed by atoms with Gasteiger partial charge in [-0.3, -0.25) is 14.5 Å². The molecule has 5 nitrogen and oxygen atoms in total. The summed E-state index contributed by atoms with van der Waals surface area (Å²) in [4.78, 5) is 29.2. The molecular weight excluding hydrogens is 460 g/mol. The Bertz CT molecular complexity index is 989. The molecule has 4 aliphatic carbocycles. The molecule has 1 spiro atoms. The average molecular weight is 511 g/mol. The minimum atomic E-state index is -0.0892. The maximum atomic E-state index is 12.7. The van der Waals surface area contributed by atoms with Crippen LogP contribution >= 0.6 is 0 Å². The number of fused-ring (bicyclic) bond motifs is 6. The van der Waals surface area contributed by atoms with Crippen molar-refractivity contribution in [1.82, 2.24) is 9.80 Å². The third-order valence-electron chi connectivity index (χ3n) is 12.5. The second kappa shape index (κ2) is 9.18. The fourth-order valence-electron chi connectivity index (χ4n) is 10.5. The van der Waals surface area contributed by atoms with Crippen LogP contribution in [0.5, 0.6) is 0 Å². The van der Waals surface area contributed by atoms with Gasteiger partial charge in [-0.05, 0) is 93.3 Å². The average Bonchev–Trinajstić information content (AvgIpc) is 3.29. The van der Waals surface area contributed by atoms with Crippen molar-refractivity contribution in [2.75, 3.05) is 27.2 Å². The third kappa shape index (κ3) is 4.08. The molecule has 0 bridgehead atoms. The van der Waals surface area contributed by atoms with Gasteiger partial charge in [0.05, 0.1) is 18.2 Å². The quantitative estimate of drug-likeness (QED) is 0.462. The van der Waals surface area contributed by atoms with Gasteiger partial charge in [0.2, 0.25) is 5.91 Å². The second-order valence-electron chi connectivity index (χ2n) is 14.7. The monoisotopic (exact) mass is 510 g/mol. The van der Waals surface area contributed by atoms with Gasteiger partial charge in [-0.15, -0.1) is 0 Å². The SMILES string of the molecule is CC1=C2C[C@H]3C(CC[C@@H]4CC(=O)CC[C@@]43C)[C@@H]2CC[C@@]2(C1)OC1C[C@H](C)CN(CC(=O)N(C)C)[C@H]1[C@H]2C. The number of nitrogens with zero attached hydrogens (tertiary/aromatic N) is 2. The molecule has 1 amide bonds. The van der Waals surface area contributed by atoms with E-state index in [1.54, 1.807) is 16.0 Å². The van der Waals surface area contributed by atoms with Gasteiger partial charge < -0.3 is 9.64 Å². The standard InChI is InChI=1S/C32H50N2O3/c1-19-13-28-30(34(17-19)18-29(36)33(5)6)21(3)32(37-28)12-10-24-25-8-7-22-14-23(35)9-11-31(22,4)27(25)15-26(24)20(2)16-32/h19,21-22,24-25,27-28,30H,7-18H2,1-6H3/t19-,21+,22+,24-,25?,27-,28?,30-,31-,32-/m0/s1. The van der Waals surface area contributed by atoms with Crippen LogP contribution in [0.25, 0.3) is 0 Å². The highest BCUT2D eigenvalue weighted by atomic mass is 16.5. The number of Topliss-reactive ketones (excluding diaryl/α,β-unsaturated/α-hetero) is 1. The molecule has 6 rings (SSSR count). The molecule has 0 aromatic heterocycles. The number of hydrogen-bond donors (Lipinski definition) is 0. The molecule has 0 aromatic carbocycles. The lowest BCUT2D eigenvalue weighted by Crippen LogP contribution is -2.54. The lowest BCUT2D eigenvalue weighted by Gasteiger charge is -2.52. The number of ketones is 1. The summed E-state index contributed by atoms with van der Waals surface area (Å²) in [5, 5.41) is 0. The molecule has 2 heterocycles. The third-order valence-corrected chi connectivity index (χ3v) is 12.5. The molecular formula is C32H50N2O3. The fraction of sp³-hybridized carbons (Fsp3) is 0.875. The van der Waals surface area contributed by atoms with E-state index in [-0.39, 0.29) is 17.6 Å². The predicted octanol–water partition coefficient (Wildman–Crippen LogP) is 5.48. The van der Waals surface area contributed by atoms with E-state index in [9.17, 15) is 9.59 Å². The molecule has 5 heteroatoms. The summed E-state index contributed by atoms with van der Waals surface area (Å²) in [7, 11) is 3.74. The van der Waals surface area contributed by atoms with E-state index < -0.39 is 0 Å². The summed E-state index contributed by atoms with van der Waals surface area (Å²) >= 11 is 0. The van der Waals surface area contributed by atoms with E-state index in [0.717, 1.165) is 56.9 Å². The Morgan fingerprint density at radius 2 is 1.92 bits per heavy atom. The smallest absolute Gasteiger partial charge is 0.236 e. The molecule has 37 heavy (non-hydrogen) atoms. The van der Waals surface area contributed by atoms with Crippen LogP contribution in [0.3, 0.4) is 0 Å². The van der Waals surface area contributed by atoms with E-state index >= 15 is 0 Å². The molecule has 0 N–H and O–H groups in total. The first kappa shape index (κ1) is 26.0. The van der Waals surface area contributed by atoms with E-state index in [4.69, 9.17) is 4.74 Å². The zero-order chi connectivity index (χ0) is 26.3. The van der Waals surface area contributed by atoms with E-state index in [2.05, 4.69) is 32.6 Å². The number of likely N-dealkylation sites (tertiary alicyclic amines) is 1. The largest absolute Gasteiger partial charge is 0.369 e. The summed E-state index contributed by atoms with van der Waals surface area (Å²) in [5.41, 5.74) is 3.65. The van der Waals surface area contributed by atoms with Crippen molar-refractivity contribution in [3.05, 3.63) is 11.1 Å². The first-order valence-corrected chi connectivity index (χ1v) is 15.3. The lowest BCUT2D eigenvalue weighted by molar-refractivity contribution is -0.132. The Labute approximate surface area is 224 Å². The number of amides is 1. The molecule has 3 saturated carbocycles. The number of hydrogen-bond acceptors (Lipinski definition) is 4. The van der Waals surface area contributed by atoms with Crippen LogP contribution < -0.4 is 0 Å². The van der Waals surface area contributed by atoms with Crippen LogP contribution in [0.15, 0.2) is 11.1 Å². The highest BCUT2D eigenvalue weighted by molar-refractivity contribution is 5.79. The van der Waals surface area contributed by atoms with Crippen LogP contribution in [0, 0.1) is 40.9 Å². The van der Waals surface area contributed by atoms with E-state index in [1.807, 2.05) is 14.1 Å². The van der Waals surface area contributed by atoms with Gasteiger partial charge in [-0.25, -0.2) is 0 Å². The second-order valence-corrected chi connectivity index (χ2v) is 14.7. The number of rotatable bonds is 2. The molecule has 6 aliphatic rings. The summed E-state index contributed by atoms with van der Waals surface area (Å²) in [6.45, 7) is 11.2. The Hall–Kier alpha value is -1.20. The van der Waals surface area contributed by atoms with Gasteiger partial charge in [0.25, 0.3) is 0 Å². The van der Waals surface area contributed by atoms with Gasteiger partial charge in [-0.1, -0.05) is 31.9 Å². The van der Waals surface area contributed by atoms with E-state index in [0.29, 0.717) is 47.5 Å². The Kier molecular flexibility index (Phi) is 6.46. The molecule has 206 valence electrons. The Morgan fingerprint density at radius 3 is 2.68 bits per heavy atom. The van der Waals surface area contributed by atoms with Gasteiger partial charge in [0.1, 0.15) is 5.78 Å². The fourth-order valence-corrected chi connectivity index (χ4v) is 10.5. The Morgan fingerprint density at radius 1 is 1.14 bits per heavy atom. The van der Waals surface area contributed by atoms with Crippen molar-refractivity contribution in [3.8, 4) is 0 Å². The summed E-state index contributed by atoms with van der Waals surface area (Å²) < 4.78 is 7.18. The topological polar surface area (TPSA) is 49.9 Å². The molecule has 2 aliphatic heterocycles. The van der Waals surface area contributed by atoms with Crippen molar-refractivity contribution in [2.24, 2.45) is 40.9 Å². The van der Waals surface area contributed by atoms with Crippen LogP contribution in [0.4, 0.5) is 0 Å². The number of allylic oxidation sites excluding steroid dienone is 1. The van der Waals surface area contributed by atoms with Gasteiger partial charge in [0.15, 0.2) is 0 Å². The van der Waals surface area contributed by atoms with Crippen molar-refractivity contribution in [1.29, 1.82) is 0 Å². The molecule has 2 saturated heterocycles. The van der Waals surface area contributed by atoms with Gasteiger partial charge >= 0.3 is 0 Å². The van der Waals surface area contributed by atoms with Crippen LogP contribution in [-0.2, 0) is 14.3 Å². The van der Waals surface area contributed by atoms with Crippen molar-refractivity contribution in [3.63, 3.8) is 0 Å². The van der Waals surface area contributed by atoms with Crippen LogP contribution in [0.1, 0.15) is 91.9 Å². The van der Waals surface area contributed by atoms with Gasteiger partial charge in [-0.2, -0.15) is 0 Å². The highest BCUT2D eigenvalue weighted by Gasteiger charge is 2.60. The molecule has 2 unspecified atom stereocenters. The first-order valence-electron chi connectivity index (χ1n) is 15.3. The number of ether oxygens (including phenoxy) is 1. The van der Waals surface area contributed by atoms with Crippen LogP contribution in [0.2, 0.25) is 0 Å². The number of carbonyl (C=O) groups is 2. The molecule has 0 aromatic rings. The van der Waals surface area contributed by atoms with Crippen molar-refractivity contribution < 1.29 is 14.3 Å². The molecule has 10 atom stereocenters. The summed E-state index contributed by atoms with van der Waals surface area (Å²) in [5.74, 6) is 4.59. The molecule has 5 fully saturated rings. The number of piperidine rings is 1. The molecule has 0 radical (unpaired) electrons. The normalized spacial score (nSPS) is 47.8. The van der Waals surface area contributed by atoms with Gasteiger partial charge in [0, 0.05) is 45.4 Å². The number of likely N-dealkylation sites (N-methyl/N-ethyl adjacent to an activating group) is 1. The first-order chi connectivity index (χ1) is 17.5. The van der Waals surface area contributed by atoms with Crippen LogP contribution in [-0.4, -0.2) is 66.4 Å². The summed E-state index contributed by atoms with van der Waals surface area (Å²) in [6, 6.07) is 0.345.